The summed E-state index contributed by atoms with van der Waals surface area (Å²) in [4.78, 5) is 0. The number of hydrogen-bond donors (Lipinski definition) is 2. The molecular formula is C19H27N3O. The molecule has 1 aliphatic carbocycles. The minimum absolute atomic E-state index is 0.126. The molecule has 1 aliphatic rings. The summed E-state index contributed by atoms with van der Waals surface area (Å²) in [5.41, 5.74) is 3.48. The van der Waals surface area contributed by atoms with E-state index in [-0.39, 0.29) is 6.10 Å². The normalized spacial score (nSPS) is 21.2. The maximum Gasteiger partial charge on any atom is 0.0699 e. The topological polar surface area (TPSA) is 50.1 Å². The van der Waals surface area contributed by atoms with E-state index in [1.807, 2.05) is 22.9 Å². The van der Waals surface area contributed by atoms with Crippen molar-refractivity contribution in [1.29, 1.82) is 0 Å². The van der Waals surface area contributed by atoms with Crippen molar-refractivity contribution >= 4 is 0 Å². The first-order chi connectivity index (χ1) is 11.1. The lowest BCUT2D eigenvalue weighted by Crippen LogP contribution is -2.27. The number of aliphatic hydroxyl groups excluding tert-OH is 1. The second-order valence-corrected chi connectivity index (χ2v) is 6.86. The summed E-state index contributed by atoms with van der Waals surface area (Å²) in [5.74, 6) is 0.801. The molecule has 4 nitrogen and oxygen atoms in total. The molecule has 1 aromatic carbocycles. The highest BCUT2D eigenvalue weighted by Gasteiger charge is 2.24. The quantitative estimate of drug-likeness (QED) is 0.861. The molecule has 4 heteroatoms. The summed E-state index contributed by atoms with van der Waals surface area (Å²) in [5, 5.41) is 18.2. The predicted octanol–water partition coefficient (Wildman–Crippen LogP) is 3.25. The molecule has 0 bridgehead atoms. The van der Waals surface area contributed by atoms with E-state index in [0.29, 0.717) is 11.8 Å². The van der Waals surface area contributed by atoms with Crippen LogP contribution in [-0.4, -0.2) is 27.5 Å². The molecular weight excluding hydrogens is 286 g/mol. The van der Waals surface area contributed by atoms with E-state index in [1.165, 1.54) is 5.56 Å². The van der Waals surface area contributed by atoms with E-state index in [1.54, 1.807) is 0 Å². The van der Waals surface area contributed by atoms with Crippen molar-refractivity contribution in [3.63, 3.8) is 0 Å². The van der Waals surface area contributed by atoms with E-state index in [2.05, 4.69) is 37.5 Å². The average Bonchev–Trinajstić information content (AvgIpc) is 3.15. The van der Waals surface area contributed by atoms with Gasteiger partial charge in [0.2, 0.25) is 0 Å². The lowest BCUT2D eigenvalue weighted by atomic mass is 10.0. The van der Waals surface area contributed by atoms with E-state index in [4.69, 9.17) is 5.10 Å². The van der Waals surface area contributed by atoms with E-state index < -0.39 is 0 Å². The summed E-state index contributed by atoms with van der Waals surface area (Å²) in [6.45, 7) is 6.06. The van der Waals surface area contributed by atoms with Crippen molar-refractivity contribution in [2.45, 2.75) is 51.7 Å². The van der Waals surface area contributed by atoms with Gasteiger partial charge < -0.3 is 10.4 Å². The monoisotopic (exact) mass is 313 g/mol. The summed E-state index contributed by atoms with van der Waals surface area (Å²) >= 11 is 0. The highest BCUT2D eigenvalue weighted by molar-refractivity contribution is 5.33. The molecule has 3 rings (SSSR count). The molecule has 2 unspecified atom stereocenters. The molecule has 2 N–H and O–H groups in total. The van der Waals surface area contributed by atoms with Crippen molar-refractivity contribution in [2.75, 3.05) is 6.54 Å². The van der Waals surface area contributed by atoms with Crippen LogP contribution in [0.5, 0.6) is 0 Å². The van der Waals surface area contributed by atoms with Crippen LogP contribution in [0.4, 0.5) is 0 Å². The zero-order chi connectivity index (χ0) is 16.2. The van der Waals surface area contributed by atoms with Crippen LogP contribution in [-0.2, 0) is 6.54 Å². The van der Waals surface area contributed by atoms with Crippen LogP contribution < -0.4 is 5.32 Å². The van der Waals surface area contributed by atoms with Crippen LogP contribution in [0.2, 0.25) is 0 Å². The van der Waals surface area contributed by atoms with Crippen LogP contribution in [0.3, 0.4) is 0 Å². The van der Waals surface area contributed by atoms with Crippen LogP contribution in [0.15, 0.2) is 36.5 Å². The first-order valence-corrected chi connectivity index (χ1v) is 8.68. The fraction of sp³-hybridized carbons (Fsp3) is 0.526. The van der Waals surface area contributed by atoms with Gasteiger partial charge in [0.05, 0.1) is 17.5 Å². The molecule has 0 radical (unpaired) electrons. The SMILES string of the molecule is CC(C)c1nn(-c2ccccc2)cc1CNCC1CCCC1O. The standard InChI is InChI=1S/C19H27N3O/c1-14(2)19-16(12-20-11-15-7-6-10-18(15)23)13-22(21-19)17-8-4-3-5-9-17/h3-5,8-9,13-15,18,20,23H,6-7,10-12H2,1-2H3. The Hall–Kier alpha value is -1.65. The molecule has 0 amide bonds. The van der Waals surface area contributed by atoms with Crippen molar-refractivity contribution < 1.29 is 5.11 Å². The second kappa shape index (κ2) is 7.28. The Bertz CT molecular complexity index is 621. The number of nitrogens with zero attached hydrogens (tertiary/aromatic N) is 2. The number of hydrogen-bond acceptors (Lipinski definition) is 3. The van der Waals surface area contributed by atoms with Crippen LogP contribution in [0, 0.1) is 5.92 Å². The minimum Gasteiger partial charge on any atom is -0.393 e. The third-order valence-corrected chi connectivity index (χ3v) is 4.73. The van der Waals surface area contributed by atoms with Gasteiger partial charge in [-0.2, -0.15) is 5.10 Å². The van der Waals surface area contributed by atoms with Gasteiger partial charge in [0.15, 0.2) is 0 Å². The lowest BCUT2D eigenvalue weighted by molar-refractivity contribution is 0.131. The molecule has 1 heterocycles. The molecule has 1 fully saturated rings. The highest BCUT2D eigenvalue weighted by atomic mass is 16.3. The fourth-order valence-electron chi connectivity index (χ4n) is 3.41. The average molecular weight is 313 g/mol. The zero-order valence-corrected chi connectivity index (χ0v) is 14.1. The van der Waals surface area contributed by atoms with E-state index in [0.717, 1.165) is 43.7 Å². The molecule has 2 atom stereocenters. The van der Waals surface area contributed by atoms with Crippen molar-refractivity contribution in [1.82, 2.24) is 15.1 Å². The van der Waals surface area contributed by atoms with Gasteiger partial charge in [-0.3, -0.25) is 0 Å². The van der Waals surface area contributed by atoms with Gasteiger partial charge in [0.1, 0.15) is 0 Å². The molecule has 0 spiro atoms. The van der Waals surface area contributed by atoms with Gasteiger partial charge in [0, 0.05) is 24.8 Å². The van der Waals surface area contributed by atoms with Gasteiger partial charge in [-0.1, -0.05) is 38.5 Å². The third kappa shape index (κ3) is 3.82. The highest BCUT2D eigenvalue weighted by Crippen LogP contribution is 2.25. The molecule has 124 valence electrons. The molecule has 1 aromatic heterocycles. The second-order valence-electron chi connectivity index (χ2n) is 6.86. The molecule has 2 aromatic rings. The maximum atomic E-state index is 9.93. The number of benzene rings is 1. The Morgan fingerprint density at radius 2 is 2.04 bits per heavy atom. The van der Waals surface area contributed by atoms with Crippen LogP contribution >= 0.6 is 0 Å². The number of nitrogens with one attached hydrogen (secondary N) is 1. The summed E-state index contributed by atoms with van der Waals surface area (Å²) < 4.78 is 1.97. The first-order valence-electron chi connectivity index (χ1n) is 8.68. The number of aromatic nitrogens is 2. The number of para-hydroxylation sites is 1. The van der Waals surface area contributed by atoms with E-state index >= 15 is 0 Å². The Morgan fingerprint density at radius 3 is 2.70 bits per heavy atom. The Morgan fingerprint density at radius 1 is 1.26 bits per heavy atom. The Labute approximate surface area is 138 Å². The molecule has 0 aliphatic heterocycles. The molecule has 0 saturated heterocycles. The maximum absolute atomic E-state index is 9.93. The van der Waals surface area contributed by atoms with Gasteiger partial charge >= 0.3 is 0 Å². The van der Waals surface area contributed by atoms with Gasteiger partial charge in [0.25, 0.3) is 0 Å². The predicted molar refractivity (Wildman–Crippen MR) is 92.7 cm³/mol. The molecule has 1 saturated carbocycles. The van der Waals surface area contributed by atoms with E-state index in [9.17, 15) is 5.11 Å². The Balaban J connectivity index is 1.69. The Kier molecular flexibility index (Phi) is 5.13. The van der Waals surface area contributed by atoms with Crippen molar-refractivity contribution in [2.24, 2.45) is 5.92 Å². The number of aliphatic hydroxyl groups is 1. The van der Waals surface area contributed by atoms with Crippen molar-refractivity contribution in [3.05, 3.63) is 47.8 Å². The van der Waals surface area contributed by atoms with Crippen LogP contribution in [0.1, 0.15) is 50.3 Å². The first kappa shape index (κ1) is 16.2. The minimum atomic E-state index is -0.126. The smallest absolute Gasteiger partial charge is 0.0699 e. The van der Waals surface area contributed by atoms with Crippen LogP contribution in [0.25, 0.3) is 5.69 Å². The van der Waals surface area contributed by atoms with Gasteiger partial charge in [-0.05, 0) is 36.8 Å². The lowest BCUT2D eigenvalue weighted by Gasteiger charge is -2.15. The summed E-state index contributed by atoms with van der Waals surface area (Å²) in [6.07, 6.45) is 5.24. The summed E-state index contributed by atoms with van der Waals surface area (Å²) in [7, 11) is 0. The molecule has 23 heavy (non-hydrogen) atoms. The fourth-order valence-corrected chi connectivity index (χ4v) is 3.41. The van der Waals surface area contributed by atoms with Gasteiger partial charge in [-0.15, -0.1) is 0 Å². The van der Waals surface area contributed by atoms with Crippen molar-refractivity contribution in [3.8, 4) is 5.69 Å². The number of rotatable bonds is 6. The summed E-state index contributed by atoms with van der Waals surface area (Å²) in [6, 6.07) is 10.2. The largest absolute Gasteiger partial charge is 0.393 e. The third-order valence-electron chi connectivity index (χ3n) is 4.73. The van der Waals surface area contributed by atoms with Gasteiger partial charge in [-0.25, -0.2) is 4.68 Å². The zero-order valence-electron chi connectivity index (χ0n) is 14.1.